The lowest BCUT2D eigenvalue weighted by molar-refractivity contribution is -0.155. The Balaban J connectivity index is 1.62. The molecule has 0 aliphatic heterocycles. The fourth-order valence-corrected chi connectivity index (χ4v) is 4.86. The van der Waals surface area contributed by atoms with Gasteiger partial charge in [0.05, 0.1) is 11.2 Å². The summed E-state index contributed by atoms with van der Waals surface area (Å²) in [4.78, 5) is 0. The Morgan fingerprint density at radius 1 is 0.652 bits per heavy atom. The van der Waals surface area contributed by atoms with Crippen molar-refractivity contribution in [3.63, 3.8) is 0 Å². The highest BCUT2D eigenvalue weighted by atomic mass is 16.3. The van der Waals surface area contributed by atoms with Gasteiger partial charge in [0.15, 0.2) is 0 Å². The fourth-order valence-electron chi connectivity index (χ4n) is 4.86. The lowest BCUT2D eigenvalue weighted by Crippen LogP contribution is -2.50. The second kappa shape index (κ2) is 5.47. The smallest absolute Gasteiger partial charge is 0.0924 e. The summed E-state index contributed by atoms with van der Waals surface area (Å²) < 4.78 is 0. The van der Waals surface area contributed by atoms with E-state index in [-0.39, 0.29) is 11.8 Å². The van der Waals surface area contributed by atoms with Gasteiger partial charge < -0.3 is 10.2 Å². The average molecular weight is 308 g/mol. The first-order chi connectivity index (χ1) is 11.1. The maximum absolute atomic E-state index is 11.3. The third kappa shape index (κ3) is 2.32. The molecule has 2 saturated carbocycles. The minimum atomic E-state index is -0.726. The fraction of sp³-hybridized carbons (Fsp3) is 0.429. The number of aliphatic hydroxyl groups is 2. The van der Waals surface area contributed by atoms with Crippen LogP contribution in [0.15, 0.2) is 60.7 Å². The molecular formula is C21H24O2. The maximum Gasteiger partial charge on any atom is 0.0924 e. The first-order valence-corrected chi connectivity index (χ1v) is 8.69. The topological polar surface area (TPSA) is 40.5 Å². The zero-order valence-electron chi connectivity index (χ0n) is 13.4. The Kier molecular flexibility index (Phi) is 3.55. The van der Waals surface area contributed by atoms with Crippen molar-refractivity contribution in [3.8, 4) is 0 Å². The molecule has 0 radical (unpaired) electrons. The van der Waals surface area contributed by atoms with E-state index in [1.807, 2.05) is 60.7 Å². The van der Waals surface area contributed by atoms with Crippen molar-refractivity contribution in [1.29, 1.82) is 0 Å². The van der Waals surface area contributed by atoms with Crippen molar-refractivity contribution in [3.05, 3.63) is 71.8 Å². The minimum Gasteiger partial charge on any atom is -0.385 e. The summed E-state index contributed by atoms with van der Waals surface area (Å²) in [6, 6.07) is 20.2. The van der Waals surface area contributed by atoms with Crippen LogP contribution >= 0.6 is 0 Å². The Morgan fingerprint density at radius 3 is 1.43 bits per heavy atom. The van der Waals surface area contributed by atoms with Gasteiger partial charge in [-0.25, -0.2) is 0 Å². The molecule has 0 unspecified atom stereocenters. The summed E-state index contributed by atoms with van der Waals surface area (Å²) >= 11 is 0. The Labute approximate surface area is 137 Å². The number of fused-ring (bicyclic) bond motifs is 2. The SMILES string of the molecule is O[C@]1(c2ccccc2)CC[C@H]2C[C@H]1CC[C@]2(O)c1ccccc1. The van der Waals surface area contributed by atoms with Crippen LogP contribution in [0, 0.1) is 11.8 Å². The highest BCUT2D eigenvalue weighted by Crippen LogP contribution is 2.56. The molecule has 2 bridgehead atoms. The highest BCUT2D eigenvalue weighted by molar-refractivity contribution is 5.28. The molecule has 2 nitrogen and oxygen atoms in total. The van der Waals surface area contributed by atoms with Crippen LogP contribution in [0.25, 0.3) is 0 Å². The first-order valence-electron chi connectivity index (χ1n) is 8.69. The van der Waals surface area contributed by atoms with Crippen molar-refractivity contribution in [2.45, 2.75) is 43.3 Å². The minimum absolute atomic E-state index is 0.243. The van der Waals surface area contributed by atoms with E-state index in [2.05, 4.69) is 0 Å². The third-order valence-corrected chi connectivity index (χ3v) is 6.22. The molecule has 120 valence electrons. The molecule has 0 aromatic heterocycles. The van der Waals surface area contributed by atoms with Crippen LogP contribution in [0.3, 0.4) is 0 Å². The van der Waals surface area contributed by atoms with Gasteiger partial charge in [-0.2, -0.15) is 0 Å². The van der Waals surface area contributed by atoms with E-state index in [4.69, 9.17) is 0 Å². The predicted molar refractivity (Wildman–Crippen MR) is 90.7 cm³/mol. The van der Waals surface area contributed by atoms with Crippen LogP contribution in [0.2, 0.25) is 0 Å². The Bertz CT molecular complexity index is 609. The predicted octanol–water partition coefficient (Wildman–Crippen LogP) is 3.97. The molecule has 2 aliphatic rings. The average Bonchev–Trinajstić information content (AvgIpc) is 2.62. The van der Waals surface area contributed by atoms with E-state index in [0.717, 1.165) is 43.2 Å². The summed E-state index contributed by atoms with van der Waals surface area (Å²) in [5.74, 6) is 0.486. The molecule has 4 atom stereocenters. The van der Waals surface area contributed by atoms with Gasteiger partial charge in [-0.05, 0) is 55.1 Å². The summed E-state index contributed by atoms with van der Waals surface area (Å²) in [7, 11) is 0. The zero-order chi connectivity index (χ0) is 15.9. The van der Waals surface area contributed by atoms with E-state index in [0.29, 0.717) is 0 Å². The second-order valence-corrected chi connectivity index (χ2v) is 7.29. The van der Waals surface area contributed by atoms with Gasteiger partial charge in [0.25, 0.3) is 0 Å². The van der Waals surface area contributed by atoms with Gasteiger partial charge in [0, 0.05) is 0 Å². The van der Waals surface area contributed by atoms with E-state index in [1.165, 1.54) is 0 Å². The third-order valence-electron chi connectivity index (χ3n) is 6.22. The van der Waals surface area contributed by atoms with Gasteiger partial charge in [-0.1, -0.05) is 60.7 Å². The number of hydrogen-bond donors (Lipinski definition) is 2. The van der Waals surface area contributed by atoms with Crippen LogP contribution < -0.4 is 0 Å². The van der Waals surface area contributed by atoms with Gasteiger partial charge in [0.1, 0.15) is 0 Å². The molecule has 2 aromatic rings. The Morgan fingerprint density at radius 2 is 1.04 bits per heavy atom. The molecule has 0 heterocycles. The first kappa shape index (κ1) is 14.9. The molecule has 2 aliphatic carbocycles. The summed E-state index contributed by atoms with van der Waals surface area (Å²) in [5.41, 5.74) is 0.619. The van der Waals surface area contributed by atoms with Gasteiger partial charge >= 0.3 is 0 Å². The van der Waals surface area contributed by atoms with Crippen molar-refractivity contribution in [1.82, 2.24) is 0 Å². The van der Waals surface area contributed by atoms with Gasteiger partial charge in [0.2, 0.25) is 0 Å². The van der Waals surface area contributed by atoms with Gasteiger partial charge in [-0.15, -0.1) is 0 Å². The number of benzene rings is 2. The monoisotopic (exact) mass is 308 g/mol. The van der Waals surface area contributed by atoms with E-state index >= 15 is 0 Å². The van der Waals surface area contributed by atoms with E-state index < -0.39 is 11.2 Å². The van der Waals surface area contributed by atoms with Crippen molar-refractivity contribution >= 4 is 0 Å². The van der Waals surface area contributed by atoms with Gasteiger partial charge in [-0.3, -0.25) is 0 Å². The molecule has 2 heteroatoms. The standard InChI is InChI=1S/C21H24O2/c22-20(16-7-3-1-4-8-16)13-11-19-15-18(20)12-14-21(19,23)17-9-5-2-6-10-17/h1-10,18-19,22-23H,11-15H2/t18-,19+,20-,21-/m0/s1. The van der Waals surface area contributed by atoms with Crippen molar-refractivity contribution in [2.24, 2.45) is 11.8 Å². The molecular weight excluding hydrogens is 284 g/mol. The number of hydrogen-bond acceptors (Lipinski definition) is 2. The normalized spacial score (nSPS) is 36.6. The van der Waals surface area contributed by atoms with Crippen LogP contribution in [0.1, 0.15) is 43.2 Å². The molecule has 0 amide bonds. The summed E-state index contributed by atoms with van der Waals surface area (Å²) in [6.45, 7) is 0. The molecule has 4 rings (SSSR count). The molecule has 0 saturated heterocycles. The molecule has 2 N–H and O–H groups in total. The molecule has 0 spiro atoms. The molecule has 2 fully saturated rings. The van der Waals surface area contributed by atoms with Crippen LogP contribution in [-0.4, -0.2) is 10.2 Å². The second-order valence-electron chi connectivity index (χ2n) is 7.29. The highest BCUT2D eigenvalue weighted by Gasteiger charge is 2.53. The summed E-state index contributed by atoms with van der Waals surface area (Å²) in [6.07, 6.45) is 4.11. The largest absolute Gasteiger partial charge is 0.385 e. The molecule has 23 heavy (non-hydrogen) atoms. The lowest BCUT2D eigenvalue weighted by atomic mass is 9.56. The van der Waals surface area contributed by atoms with E-state index in [9.17, 15) is 10.2 Å². The zero-order valence-corrected chi connectivity index (χ0v) is 13.4. The van der Waals surface area contributed by atoms with Crippen molar-refractivity contribution < 1.29 is 10.2 Å². The Hall–Kier alpha value is -1.64. The van der Waals surface area contributed by atoms with Crippen LogP contribution in [-0.2, 0) is 11.2 Å². The van der Waals surface area contributed by atoms with Crippen LogP contribution in [0.5, 0.6) is 0 Å². The maximum atomic E-state index is 11.3. The lowest BCUT2D eigenvalue weighted by Gasteiger charge is -2.53. The summed E-state index contributed by atoms with van der Waals surface area (Å²) in [5, 5.41) is 22.6. The molecule has 2 aromatic carbocycles. The van der Waals surface area contributed by atoms with Crippen LogP contribution in [0.4, 0.5) is 0 Å². The quantitative estimate of drug-likeness (QED) is 0.881. The number of rotatable bonds is 2. The van der Waals surface area contributed by atoms with E-state index in [1.54, 1.807) is 0 Å². The van der Waals surface area contributed by atoms with Crippen molar-refractivity contribution in [2.75, 3.05) is 0 Å².